The molecular formula is C7H16NO3+. The van der Waals surface area contributed by atoms with Crippen molar-refractivity contribution in [3.63, 3.8) is 0 Å². The number of aliphatic hydroxyl groups is 2. The van der Waals surface area contributed by atoms with E-state index in [1.807, 2.05) is 0 Å². The zero-order valence-electron chi connectivity index (χ0n) is 6.70. The van der Waals surface area contributed by atoms with Gasteiger partial charge in [0.2, 0.25) is 0 Å². The molecule has 0 bridgehead atoms. The summed E-state index contributed by atoms with van der Waals surface area (Å²) >= 11 is 0. The molecule has 0 amide bonds. The molecule has 1 aliphatic rings. The lowest BCUT2D eigenvalue weighted by atomic mass is 10.3. The lowest BCUT2D eigenvalue weighted by molar-refractivity contribution is -0.951. The van der Waals surface area contributed by atoms with Crippen LogP contribution in [0, 0.1) is 0 Å². The normalized spacial score (nSPS) is 23.5. The Kier molecular flexibility index (Phi) is 3.26. The molecule has 1 heterocycles. The Morgan fingerprint density at radius 3 is 2.27 bits per heavy atom. The van der Waals surface area contributed by atoms with Crippen LogP contribution in [0.15, 0.2) is 0 Å². The minimum Gasteiger partial charge on any atom is -0.391 e. The van der Waals surface area contributed by atoms with E-state index in [-0.39, 0.29) is 13.3 Å². The molecule has 1 rings (SSSR count). The fourth-order valence-electron chi connectivity index (χ4n) is 1.38. The second-order valence-corrected chi connectivity index (χ2v) is 2.99. The number of morpholine rings is 1. The van der Waals surface area contributed by atoms with E-state index < -0.39 is 0 Å². The highest BCUT2D eigenvalue weighted by Crippen LogP contribution is 2.08. The maximum atomic E-state index is 9.08. The van der Waals surface area contributed by atoms with Crippen LogP contribution in [0.5, 0.6) is 0 Å². The minimum atomic E-state index is 0.115. The number of rotatable bonds is 3. The highest BCUT2D eigenvalue weighted by molar-refractivity contribution is 4.46. The van der Waals surface area contributed by atoms with Crippen molar-refractivity contribution in [1.29, 1.82) is 0 Å². The summed E-state index contributed by atoms with van der Waals surface area (Å²) in [6, 6.07) is 0. The summed E-state index contributed by atoms with van der Waals surface area (Å²) in [6.45, 7) is 3.92. The maximum Gasteiger partial charge on any atom is 0.180 e. The van der Waals surface area contributed by atoms with E-state index in [1.54, 1.807) is 0 Å². The van der Waals surface area contributed by atoms with Gasteiger partial charge in [-0.2, -0.15) is 0 Å². The molecular weight excluding hydrogens is 146 g/mol. The second kappa shape index (κ2) is 4.01. The number of hydrogen-bond donors (Lipinski definition) is 2. The van der Waals surface area contributed by atoms with Gasteiger partial charge in [-0.1, -0.05) is 0 Å². The molecule has 66 valence electrons. The van der Waals surface area contributed by atoms with Gasteiger partial charge in [-0.15, -0.1) is 0 Å². The Bertz CT molecular complexity index is 107. The molecule has 0 spiro atoms. The zero-order valence-corrected chi connectivity index (χ0v) is 6.70. The highest BCUT2D eigenvalue weighted by Gasteiger charge is 2.28. The summed E-state index contributed by atoms with van der Waals surface area (Å²) in [4.78, 5) is 0. The van der Waals surface area contributed by atoms with E-state index in [2.05, 4.69) is 0 Å². The quantitative estimate of drug-likeness (QED) is 0.511. The van der Waals surface area contributed by atoms with Crippen molar-refractivity contribution in [2.24, 2.45) is 0 Å². The highest BCUT2D eigenvalue weighted by atomic mass is 16.5. The molecule has 0 aromatic rings. The van der Waals surface area contributed by atoms with Gasteiger partial charge in [0.25, 0.3) is 0 Å². The van der Waals surface area contributed by atoms with E-state index >= 15 is 0 Å². The zero-order chi connectivity index (χ0) is 8.16. The molecule has 0 aliphatic carbocycles. The maximum absolute atomic E-state index is 9.08. The van der Waals surface area contributed by atoms with Crippen molar-refractivity contribution in [2.45, 2.75) is 0 Å². The summed E-state index contributed by atoms with van der Waals surface area (Å²) in [5, 5.41) is 17.8. The van der Waals surface area contributed by atoms with Gasteiger partial charge in [-0.3, -0.25) is 4.48 Å². The Hall–Kier alpha value is -0.160. The van der Waals surface area contributed by atoms with Crippen LogP contribution >= 0.6 is 0 Å². The predicted molar refractivity (Wildman–Crippen MR) is 39.9 cm³/mol. The molecule has 0 aromatic carbocycles. The van der Waals surface area contributed by atoms with Crippen molar-refractivity contribution in [1.82, 2.24) is 0 Å². The third kappa shape index (κ3) is 2.13. The molecule has 4 nitrogen and oxygen atoms in total. The van der Waals surface area contributed by atoms with Crippen LogP contribution in [0.4, 0.5) is 0 Å². The first-order valence-electron chi connectivity index (χ1n) is 3.97. The topological polar surface area (TPSA) is 49.7 Å². The van der Waals surface area contributed by atoms with Crippen molar-refractivity contribution in [3.8, 4) is 0 Å². The Labute approximate surface area is 66.6 Å². The first-order valence-corrected chi connectivity index (χ1v) is 3.97. The number of hydrogen-bond acceptors (Lipinski definition) is 3. The molecule has 1 saturated heterocycles. The Morgan fingerprint density at radius 2 is 1.82 bits per heavy atom. The summed E-state index contributed by atoms with van der Waals surface area (Å²) in [7, 11) is 0. The average molecular weight is 162 g/mol. The number of quaternary nitrogens is 1. The minimum absolute atomic E-state index is 0.115. The molecule has 0 saturated carbocycles. The Morgan fingerprint density at radius 1 is 1.18 bits per heavy atom. The van der Waals surface area contributed by atoms with Crippen LogP contribution in [0.25, 0.3) is 0 Å². The smallest absolute Gasteiger partial charge is 0.180 e. The molecule has 4 heteroatoms. The molecule has 0 unspecified atom stereocenters. The second-order valence-electron chi connectivity index (χ2n) is 2.99. The Balaban J connectivity index is 2.42. The van der Waals surface area contributed by atoms with Gasteiger partial charge in [0.1, 0.15) is 19.6 Å². The molecule has 2 N–H and O–H groups in total. The first-order chi connectivity index (χ1) is 5.33. The largest absolute Gasteiger partial charge is 0.391 e. The van der Waals surface area contributed by atoms with E-state index in [0.29, 0.717) is 24.2 Å². The summed E-state index contributed by atoms with van der Waals surface area (Å²) in [6.07, 6.45) is 0. The number of aliphatic hydroxyl groups excluding tert-OH is 2. The van der Waals surface area contributed by atoms with Gasteiger partial charge in [0, 0.05) is 0 Å². The van der Waals surface area contributed by atoms with Crippen molar-refractivity contribution >= 4 is 0 Å². The summed E-state index contributed by atoms with van der Waals surface area (Å²) in [5.74, 6) is 0. The van der Waals surface area contributed by atoms with Gasteiger partial charge in [-0.25, -0.2) is 0 Å². The van der Waals surface area contributed by atoms with Crippen LogP contribution < -0.4 is 0 Å². The standard InChI is InChI=1S/C7H16NO3/c9-4-1-8(7-10)2-5-11-6-3-8/h9-10H,1-7H2/q+1. The van der Waals surface area contributed by atoms with Crippen LogP contribution in [0.3, 0.4) is 0 Å². The summed E-state index contributed by atoms with van der Waals surface area (Å²) < 4.78 is 5.76. The lowest BCUT2D eigenvalue weighted by Crippen LogP contribution is -2.56. The van der Waals surface area contributed by atoms with Crippen LogP contribution in [-0.2, 0) is 4.74 Å². The molecule has 1 fully saturated rings. The molecule has 1 aliphatic heterocycles. The van der Waals surface area contributed by atoms with Crippen LogP contribution in [0.2, 0.25) is 0 Å². The van der Waals surface area contributed by atoms with Crippen molar-refractivity contribution < 1.29 is 19.4 Å². The third-order valence-corrected chi connectivity index (χ3v) is 2.29. The van der Waals surface area contributed by atoms with Crippen LogP contribution in [0.1, 0.15) is 0 Å². The van der Waals surface area contributed by atoms with E-state index in [1.165, 1.54) is 0 Å². The van der Waals surface area contributed by atoms with Gasteiger partial charge in [-0.05, 0) is 0 Å². The van der Waals surface area contributed by atoms with Gasteiger partial charge in [0.05, 0.1) is 19.8 Å². The SMILES string of the molecule is OCC[N+]1(CO)CCOCC1. The molecule has 11 heavy (non-hydrogen) atoms. The summed E-state index contributed by atoms with van der Waals surface area (Å²) in [5.41, 5.74) is 0. The first kappa shape index (κ1) is 8.93. The predicted octanol–water partition coefficient (Wildman–Crippen LogP) is -1.22. The van der Waals surface area contributed by atoms with Crippen LogP contribution in [-0.4, -0.2) is 60.9 Å². The fraction of sp³-hybridized carbons (Fsp3) is 1.00. The van der Waals surface area contributed by atoms with Gasteiger partial charge >= 0.3 is 0 Å². The lowest BCUT2D eigenvalue weighted by Gasteiger charge is -2.38. The molecule has 0 atom stereocenters. The monoisotopic (exact) mass is 162 g/mol. The molecule has 0 aromatic heterocycles. The van der Waals surface area contributed by atoms with Gasteiger partial charge in [0.15, 0.2) is 6.73 Å². The number of ether oxygens (including phenoxy) is 1. The number of nitrogens with zero attached hydrogens (tertiary/aromatic N) is 1. The van der Waals surface area contributed by atoms with E-state index in [0.717, 1.165) is 13.1 Å². The average Bonchev–Trinajstić information content (AvgIpc) is 2.07. The fourth-order valence-corrected chi connectivity index (χ4v) is 1.38. The molecule has 0 radical (unpaired) electrons. The van der Waals surface area contributed by atoms with E-state index in [9.17, 15) is 0 Å². The van der Waals surface area contributed by atoms with E-state index in [4.69, 9.17) is 14.9 Å². The third-order valence-electron chi connectivity index (χ3n) is 2.29. The van der Waals surface area contributed by atoms with Crippen molar-refractivity contribution in [3.05, 3.63) is 0 Å². The van der Waals surface area contributed by atoms with Crippen molar-refractivity contribution in [2.75, 3.05) is 46.2 Å². The van der Waals surface area contributed by atoms with Gasteiger partial charge < -0.3 is 14.9 Å².